The van der Waals surface area contributed by atoms with Crippen LogP contribution in [-0.2, 0) is 0 Å². The molecule has 0 bridgehead atoms. The monoisotopic (exact) mass is 178 g/mol. The Morgan fingerprint density at radius 2 is 1.23 bits per heavy atom. The van der Waals surface area contributed by atoms with Crippen molar-refractivity contribution in [2.45, 2.75) is 70.3 Å². The molecule has 2 aliphatic carbocycles. The summed E-state index contributed by atoms with van der Waals surface area (Å²) in [5.74, 6) is 0. The second-order valence-corrected chi connectivity index (χ2v) is 4.58. The second-order valence-electron chi connectivity index (χ2n) is 4.58. The van der Waals surface area contributed by atoms with Gasteiger partial charge >= 0.3 is 0 Å². The number of rotatable bonds is 3. The van der Waals surface area contributed by atoms with Crippen molar-refractivity contribution in [3.05, 3.63) is 0 Å². The van der Waals surface area contributed by atoms with Gasteiger partial charge in [0.05, 0.1) is 0 Å². The minimum Gasteiger partial charge on any atom is -0.342 e. The highest BCUT2D eigenvalue weighted by Crippen LogP contribution is 2.30. The summed E-state index contributed by atoms with van der Waals surface area (Å²) in [6.45, 7) is 2.22. The van der Waals surface area contributed by atoms with Gasteiger partial charge in [-0.3, -0.25) is 0 Å². The van der Waals surface area contributed by atoms with E-state index in [9.17, 15) is 0 Å². The molecule has 0 N–H and O–H groups in total. The SMILES string of the molecule is C[B]N(C1CCCC1)C1CCCC1. The Bertz CT molecular complexity index is 132. The van der Waals surface area contributed by atoms with Gasteiger partial charge < -0.3 is 4.81 Å². The van der Waals surface area contributed by atoms with E-state index in [0.717, 1.165) is 12.1 Å². The molecule has 0 aromatic rings. The van der Waals surface area contributed by atoms with Gasteiger partial charge in [0.2, 0.25) is 7.41 Å². The molecule has 0 spiro atoms. The number of hydrogen-bond donors (Lipinski definition) is 0. The highest BCUT2D eigenvalue weighted by molar-refractivity contribution is 6.30. The van der Waals surface area contributed by atoms with E-state index >= 15 is 0 Å². The average Bonchev–Trinajstić information content (AvgIpc) is 2.76. The van der Waals surface area contributed by atoms with Crippen LogP contribution in [-0.4, -0.2) is 24.3 Å². The Morgan fingerprint density at radius 1 is 0.846 bits per heavy atom. The van der Waals surface area contributed by atoms with Crippen molar-refractivity contribution in [1.82, 2.24) is 4.81 Å². The molecule has 0 atom stereocenters. The van der Waals surface area contributed by atoms with E-state index in [-0.39, 0.29) is 0 Å². The molecule has 0 aliphatic heterocycles. The van der Waals surface area contributed by atoms with Crippen molar-refractivity contribution in [3.63, 3.8) is 0 Å². The molecule has 1 nitrogen and oxygen atoms in total. The summed E-state index contributed by atoms with van der Waals surface area (Å²) in [7, 11) is 2.35. The van der Waals surface area contributed by atoms with Crippen LogP contribution in [0.15, 0.2) is 0 Å². The molecule has 0 amide bonds. The van der Waals surface area contributed by atoms with Crippen molar-refractivity contribution in [3.8, 4) is 0 Å². The fourth-order valence-electron chi connectivity index (χ4n) is 3.12. The van der Waals surface area contributed by atoms with Gasteiger partial charge in [0.25, 0.3) is 0 Å². The molecule has 0 saturated heterocycles. The van der Waals surface area contributed by atoms with Crippen LogP contribution in [0, 0.1) is 0 Å². The molecule has 2 saturated carbocycles. The predicted octanol–water partition coefficient (Wildman–Crippen LogP) is 2.84. The molecule has 2 fully saturated rings. The van der Waals surface area contributed by atoms with Crippen LogP contribution in [0.1, 0.15) is 51.4 Å². The topological polar surface area (TPSA) is 3.24 Å². The molecule has 0 aromatic carbocycles. The molecular formula is C11H21BN. The predicted molar refractivity (Wildman–Crippen MR) is 58.0 cm³/mol. The second kappa shape index (κ2) is 4.50. The van der Waals surface area contributed by atoms with Crippen LogP contribution < -0.4 is 0 Å². The van der Waals surface area contributed by atoms with Gasteiger partial charge in [-0.05, 0) is 37.8 Å². The zero-order chi connectivity index (χ0) is 9.10. The lowest BCUT2D eigenvalue weighted by atomic mass is 9.88. The normalized spacial score (nSPS) is 26.0. The summed E-state index contributed by atoms with van der Waals surface area (Å²) >= 11 is 0. The quantitative estimate of drug-likeness (QED) is 0.600. The van der Waals surface area contributed by atoms with E-state index in [1.807, 2.05) is 0 Å². The first-order valence-corrected chi connectivity index (χ1v) is 5.98. The average molecular weight is 178 g/mol. The lowest BCUT2D eigenvalue weighted by molar-refractivity contribution is 0.258. The van der Waals surface area contributed by atoms with Crippen LogP contribution in [0.25, 0.3) is 0 Å². The van der Waals surface area contributed by atoms with E-state index in [2.05, 4.69) is 19.0 Å². The lowest BCUT2D eigenvalue weighted by Crippen LogP contribution is -2.42. The van der Waals surface area contributed by atoms with E-state index in [1.165, 1.54) is 51.4 Å². The molecule has 2 aliphatic rings. The summed E-state index contributed by atoms with van der Waals surface area (Å²) in [5.41, 5.74) is 0. The third-order valence-corrected chi connectivity index (χ3v) is 3.79. The molecule has 1 radical (unpaired) electrons. The highest BCUT2D eigenvalue weighted by Gasteiger charge is 2.28. The highest BCUT2D eigenvalue weighted by atomic mass is 15.1. The van der Waals surface area contributed by atoms with Crippen molar-refractivity contribution in [2.24, 2.45) is 0 Å². The first-order valence-electron chi connectivity index (χ1n) is 5.98. The Hall–Kier alpha value is 0.0249. The lowest BCUT2D eigenvalue weighted by Gasteiger charge is -2.33. The zero-order valence-corrected chi connectivity index (χ0v) is 8.84. The van der Waals surface area contributed by atoms with Crippen molar-refractivity contribution in [2.75, 3.05) is 0 Å². The first-order chi connectivity index (χ1) is 6.42. The van der Waals surface area contributed by atoms with Crippen molar-refractivity contribution in [1.29, 1.82) is 0 Å². The maximum atomic E-state index is 2.68. The van der Waals surface area contributed by atoms with Crippen LogP contribution in [0.4, 0.5) is 0 Å². The van der Waals surface area contributed by atoms with Crippen molar-refractivity contribution < 1.29 is 0 Å². The van der Waals surface area contributed by atoms with E-state index < -0.39 is 0 Å². The molecule has 73 valence electrons. The van der Waals surface area contributed by atoms with E-state index in [1.54, 1.807) is 0 Å². The maximum Gasteiger partial charge on any atom is 0.205 e. The Balaban J connectivity index is 1.90. The van der Waals surface area contributed by atoms with Crippen LogP contribution in [0.3, 0.4) is 0 Å². The largest absolute Gasteiger partial charge is 0.342 e. The van der Waals surface area contributed by atoms with E-state index in [0.29, 0.717) is 0 Å². The summed E-state index contributed by atoms with van der Waals surface area (Å²) < 4.78 is 0. The first kappa shape index (κ1) is 9.58. The maximum absolute atomic E-state index is 2.68. The van der Waals surface area contributed by atoms with Gasteiger partial charge in [-0.15, -0.1) is 0 Å². The minimum atomic E-state index is 0.896. The molecule has 0 heterocycles. The molecule has 2 rings (SSSR count). The molecule has 13 heavy (non-hydrogen) atoms. The van der Waals surface area contributed by atoms with Crippen LogP contribution in [0.2, 0.25) is 6.82 Å². The standard InChI is InChI=1S/C11H21BN/c1-12-13(10-6-2-3-7-10)11-8-4-5-9-11/h10-11H,2-9H2,1H3. The fourth-order valence-corrected chi connectivity index (χ4v) is 3.12. The fraction of sp³-hybridized carbons (Fsp3) is 1.00. The van der Waals surface area contributed by atoms with Crippen LogP contribution >= 0.6 is 0 Å². The van der Waals surface area contributed by atoms with Gasteiger partial charge in [0, 0.05) is 0 Å². The summed E-state index contributed by atoms with van der Waals surface area (Å²) in [6, 6.07) is 1.79. The van der Waals surface area contributed by atoms with Gasteiger partial charge in [-0.1, -0.05) is 32.5 Å². The van der Waals surface area contributed by atoms with E-state index in [4.69, 9.17) is 0 Å². The van der Waals surface area contributed by atoms with Gasteiger partial charge in [0.1, 0.15) is 0 Å². The molecule has 0 aromatic heterocycles. The Labute approximate surface area is 83.1 Å². The third-order valence-electron chi connectivity index (χ3n) is 3.79. The summed E-state index contributed by atoms with van der Waals surface area (Å²) in [4.78, 5) is 2.68. The molecule has 0 unspecified atom stereocenters. The number of hydrogen-bond acceptors (Lipinski definition) is 1. The van der Waals surface area contributed by atoms with Crippen molar-refractivity contribution >= 4 is 7.41 Å². The van der Waals surface area contributed by atoms with Gasteiger partial charge in [0.15, 0.2) is 0 Å². The summed E-state index contributed by atoms with van der Waals surface area (Å²) in [5, 5.41) is 0. The smallest absolute Gasteiger partial charge is 0.205 e. The molecule has 2 heteroatoms. The summed E-state index contributed by atoms with van der Waals surface area (Å²) in [6.07, 6.45) is 11.6. The van der Waals surface area contributed by atoms with Gasteiger partial charge in [-0.2, -0.15) is 0 Å². The van der Waals surface area contributed by atoms with Crippen LogP contribution in [0.5, 0.6) is 0 Å². The third kappa shape index (κ3) is 2.09. The number of nitrogens with zero attached hydrogens (tertiary/aromatic N) is 1. The van der Waals surface area contributed by atoms with Gasteiger partial charge in [-0.25, -0.2) is 0 Å². The Kier molecular flexibility index (Phi) is 3.31. The zero-order valence-electron chi connectivity index (χ0n) is 8.84. The molecular weight excluding hydrogens is 157 g/mol. The Morgan fingerprint density at radius 3 is 1.54 bits per heavy atom. The minimum absolute atomic E-state index is 0.896.